The van der Waals surface area contributed by atoms with Gasteiger partial charge in [-0.15, -0.1) is 0 Å². The zero-order valence-corrected chi connectivity index (χ0v) is 8.70. The highest BCUT2D eigenvalue weighted by molar-refractivity contribution is 6.00. The molecule has 0 amide bonds. The van der Waals surface area contributed by atoms with Crippen LogP contribution in [0.5, 0.6) is 5.75 Å². The first-order valence-electron chi connectivity index (χ1n) is 4.72. The Bertz CT molecular complexity index is 572. The van der Waals surface area contributed by atoms with Crippen molar-refractivity contribution in [1.29, 1.82) is 5.41 Å². The van der Waals surface area contributed by atoms with Gasteiger partial charge >= 0.3 is 5.97 Å². The quantitative estimate of drug-likeness (QED) is 0.403. The molecule has 0 bridgehead atoms. The zero-order valence-electron chi connectivity index (χ0n) is 8.70. The number of carbonyl (C=O) groups excluding carboxylic acids is 1. The van der Waals surface area contributed by atoms with Gasteiger partial charge in [-0.1, -0.05) is 0 Å². The molecular weight excluding hydrogens is 206 g/mol. The van der Waals surface area contributed by atoms with E-state index in [2.05, 4.69) is 4.98 Å². The lowest BCUT2D eigenvalue weighted by Gasteiger charge is -2.01. The molecule has 1 aromatic heterocycles. The number of nitrogen functional groups attached to an aromatic ring is 1. The fourth-order valence-electron chi connectivity index (χ4n) is 1.50. The lowest BCUT2D eigenvalue weighted by Crippen LogP contribution is -2.10. The van der Waals surface area contributed by atoms with E-state index in [0.717, 1.165) is 10.9 Å². The molecule has 0 fully saturated rings. The number of hydrogen-bond donors (Lipinski definition) is 3. The third-order valence-corrected chi connectivity index (χ3v) is 2.21. The first-order chi connectivity index (χ1) is 7.58. The number of fused-ring (bicyclic) bond motifs is 1. The van der Waals surface area contributed by atoms with Crippen molar-refractivity contribution in [3.63, 3.8) is 0 Å². The maximum absolute atomic E-state index is 10.9. The maximum atomic E-state index is 10.9. The summed E-state index contributed by atoms with van der Waals surface area (Å²) in [6, 6.07) is 5.24. The molecule has 0 atom stereocenters. The Morgan fingerprint density at radius 1 is 1.50 bits per heavy atom. The molecule has 0 saturated carbocycles. The van der Waals surface area contributed by atoms with Gasteiger partial charge in [0.05, 0.1) is 0 Å². The highest BCUT2D eigenvalue weighted by Crippen LogP contribution is 2.26. The Labute approximate surface area is 91.7 Å². The predicted octanol–water partition coefficient (Wildman–Crippen LogP) is 1.38. The first kappa shape index (κ1) is 10.2. The third-order valence-electron chi connectivity index (χ3n) is 2.21. The highest BCUT2D eigenvalue weighted by Gasteiger charge is 2.08. The summed E-state index contributed by atoms with van der Waals surface area (Å²) in [5.41, 5.74) is 6.82. The molecular formula is C11H11N3O2. The monoisotopic (exact) mass is 217 g/mol. The van der Waals surface area contributed by atoms with Crippen molar-refractivity contribution in [2.45, 2.75) is 6.92 Å². The first-order valence-corrected chi connectivity index (χ1v) is 4.72. The predicted molar refractivity (Wildman–Crippen MR) is 60.6 cm³/mol. The van der Waals surface area contributed by atoms with E-state index in [4.69, 9.17) is 15.9 Å². The fraction of sp³-hybridized carbons (Fsp3) is 0.0909. The molecule has 16 heavy (non-hydrogen) atoms. The van der Waals surface area contributed by atoms with Crippen molar-refractivity contribution in [3.05, 3.63) is 30.0 Å². The lowest BCUT2D eigenvalue weighted by molar-refractivity contribution is -0.131. The van der Waals surface area contributed by atoms with Crippen molar-refractivity contribution in [2.75, 3.05) is 0 Å². The molecule has 5 nitrogen and oxygen atoms in total. The number of aromatic amines is 1. The molecule has 0 radical (unpaired) electrons. The van der Waals surface area contributed by atoms with Crippen LogP contribution in [0, 0.1) is 5.41 Å². The lowest BCUT2D eigenvalue weighted by atomic mass is 10.1. The van der Waals surface area contributed by atoms with Crippen LogP contribution in [-0.2, 0) is 4.79 Å². The molecule has 0 aliphatic carbocycles. The molecule has 0 saturated heterocycles. The Morgan fingerprint density at radius 3 is 2.88 bits per heavy atom. The second kappa shape index (κ2) is 3.69. The molecule has 82 valence electrons. The van der Waals surface area contributed by atoms with Crippen molar-refractivity contribution in [2.24, 2.45) is 5.73 Å². The van der Waals surface area contributed by atoms with E-state index in [-0.39, 0.29) is 11.8 Å². The van der Waals surface area contributed by atoms with Crippen LogP contribution in [0.15, 0.2) is 24.4 Å². The summed E-state index contributed by atoms with van der Waals surface area (Å²) in [6.45, 7) is 1.34. The number of carbonyl (C=O) groups is 1. The number of H-pyrrole nitrogens is 1. The molecule has 0 aliphatic rings. The van der Waals surface area contributed by atoms with E-state index in [1.807, 2.05) is 0 Å². The van der Waals surface area contributed by atoms with Gasteiger partial charge in [0.15, 0.2) is 5.75 Å². The number of aromatic nitrogens is 1. The second-order valence-electron chi connectivity index (χ2n) is 3.42. The Kier molecular flexibility index (Phi) is 2.36. The van der Waals surface area contributed by atoms with Crippen LogP contribution in [-0.4, -0.2) is 16.8 Å². The van der Waals surface area contributed by atoms with E-state index >= 15 is 0 Å². The fourth-order valence-corrected chi connectivity index (χ4v) is 1.50. The molecule has 1 aromatic carbocycles. The van der Waals surface area contributed by atoms with Crippen molar-refractivity contribution in [3.8, 4) is 5.75 Å². The number of nitrogens with two attached hydrogens (primary N) is 1. The molecule has 0 spiro atoms. The minimum Gasteiger partial charge on any atom is -0.424 e. The van der Waals surface area contributed by atoms with E-state index in [1.165, 1.54) is 6.92 Å². The number of nitrogens with one attached hydrogen (secondary N) is 2. The summed E-state index contributed by atoms with van der Waals surface area (Å²) < 4.78 is 5.02. The minimum atomic E-state index is -0.380. The third kappa shape index (κ3) is 1.75. The molecule has 2 aromatic rings. The molecule has 2 rings (SSSR count). The average molecular weight is 217 g/mol. The number of amidine groups is 1. The number of hydrogen-bond acceptors (Lipinski definition) is 3. The number of ether oxygens (including phenoxy) is 1. The highest BCUT2D eigenvalue weighted by atomic mass is 16.5. The SMILES string of the molecule is CC(=O)Oc1c[nH]c2ccc(C(=N)N)cc12. The zero-order chi connectivity index (χ0) is 11.7. The van der Waals surface area contributed by atoms with Gasteiger partial charge in [0.2, 0.25) is 0 Å². The van der Waals surface area contributed by atoms with E-state index in [0.29, 0.717) is 11.3 Å². The van der Waals surface area contributed by atoms with Crippen LogP contribution >= 0.6 is 0 Å². The summed E-state index contributed by atoms with van der Waals surface area (Å²) in [5, 5.41) is 8.07. The van der Waals surface area contributed by atoms with Crippen molar-refractivity contribution < 1.29 is 9.53 Å². The summed E-state index contributed by atoms with van der Waals surface area (Å²) >= 11 is 0. The Hall–Kier alpha value is -2.30. The summed E-state index contributed by atoms with van der Waals surface area (Å²) in [6.07, 6.45) is 1.61. The number of esters is 1. The smallest absolute Gasteiger partial charge is 0.308 e. The molecule has 0 unspecified atom stereocenters. The summed E-state index contributed by atoms with van der Waals surface area (Å²) in [7, 11) is 0. The van der Waals surface area contributed by atoms with Crippen molar-refractivity contribution >= 4 is 22.7 Å². The van der Waals surface area contributed by atoms with Gasteiger partial charge in [-0.3, -0.25) is 10.2 Å². The summed E-state index contributed by atoms with van der Waals surface area (Å²) in [4.78, 5) is 13.8. The topological polar surface area (TPSA) is 92.0 Å². The van der Waals surface area contributed by atoms with Gasteiger partial charge in [0, 0.05) is 29.6 Å². The minimum absolute atomic E-state index is 0.0168. The molecule has 0 aliphatic heterocycles. The van der Waals surface area contributed by atoms with Crippen LogP contribution in [0.25, 0.3) is 10.9 Å². The Balaban J connectivity index is 2.55. The van der Waals surface area contributed by atoms with Crippen LogP contribution in [0.4, 0.5) is 0 Å². The molecule has 1 heterocycles. The van der Waals surface area contributed by atoms with Gasteiger partial charge in [-0.05, 0) is 18.2 Å². The normalized spacial score (nSPS) is 10.3. The van der Waals surface area contributed by atoms with E-state index in [9.17, 15) is 4.79 Å². The van der Waals surface area contributed by atoms with E-state index in [1.54, 1.807) is 24.4 Å². The summed E-state index contributed by atoms with van der Waals surface area (Å²) in [5.74, 6) is 0.0524. The molecule has 4 N–H and O–H groups in total. The van der Waals surface area contributed by atoms with Gasteiger partial charge in [-0.25, -0.2) is 0 Å². The van der Waals surface area contributed by atoms with Crippen molar-refractivity contribution in [1.82, 2.24) is 4.98 Å². The largest absolute Gasteiger partial charge is 0.424 e. The number of rotatable bonds is 2. The average Bonchev–Trinajstić information content (AvgIpc) is 2.60. The van der Waals surface area contributed by atoms with Crippen LogP contribution < -0.4 is 10.5 Å². The van der Waals surface area contributed by atoms with Crippen LogP contribution in [0.2, 0.25) is 0 Å². The number of benzene rings is 1. The van der Waals surface area contributed by atoms with Gasteiger partial charge < -0.3 is 15.5 Å². The molecule has 5 heteroatoms. The maximum Gasteiger partial charge on any atom is 0.308 e. The van der Waals surface area contributed by atoms with Gasteiger partial charge in [-0.2, -0.15) is 0 Å². The van der Waals surface area contributed by atoms with Gasteiger partial charge in [0.25, 0.3) is 0 Å². The van der Waals surface area contributed by atoms with Crippen LogP contribution in [0.3, 0.4) is 0 Å². The standard InChI is InChI=1S/C11H11N3O2/c1-6(15)16-10-5-14-9-3-2-7(11(12)13)4-8(9)10/h2-5,14H,1H3,(H3,12,13). The van der Waals surface area contributed by atoms with Gasteiger partial charge in [0.1, 0.15) is 5.84 Å². The second-order valence-corrected chi connectivity index (χ2v) is 3.42. The Morgan fingerprint density at radius 2 is 2.25 bits per heavy atom. The van der Waals surface area contributed by atoms with Crippen LogP contribution in [0.1, 0.15) is 12.5 Å². The van der Waals surface area contributed by atoms with E-state index < -0.39 is 0 Å².